The van der Waals surface area contributed by atoms with E-state index in [9.17, 15) is 21.9 Å². The van der Waals surface area contributed by atoms with Gasteiger partial charge in [-0.15, -0.1) is 0 Å². The molecule has 0 bridgehead atoms. The second-order valence-electron chi connectivity index (χ2n) is 11.2. The molecule has 0 saturated heterocycles. The Balaban J connectivity index is 1.36. The van der Waals surface area contributed by atoms with Crippen LogP contribution in [-0.2, 0) is 5.41 Å². The molecule has 0 N–H and O–H groups in total. The Bertz CT molecular complexity index is 4390. The van der Waals surface area contributed by atoms with E-state index in [1.807, 2.05) is 0 Å². The third-order valence-electron chi connectivity index (χ3n) is 8.94. The molecule has 0 heteroatoms. The van der Waals surface area contributed by atoms with Crippen molar-refractivity contribution < 1.29 is 41.1 Å². The molecule has 0 saturated carbocycles. The van der Waals surface area contributed by atoms with Gasteiger partial charge in [0.05, 0.1) is 46.5 Å². The molecule has 0 amide bonds. The standard InChI is InChI=1S/C49H30/c1-2-16-37-35(14-1)36-15-3-4-17-38(36)44-29-33(24-26-39(37)44)31-12-11-13-32(28-31)34-25-27-43-42-20-7-10-23-47(42)49(48(43)30-34)45-21-8-5-18-40(45)41-19-6-9-22-46(41)49/h1-30H/i1D,2D,3D,4D,5D,6D,7D,8D,9D,10D,11D,12D,13D,14D,15D,16D,17D,18D,19D,20D,21D,22D,23D,24D,25D,26D,27D,28D,29D,30D. The van der Waals surface area contributed by atoms with Gasteiger partial charge < -0.3 is 0 Å². The van der Waals surface area contributed by atoms with Crippen LogP contribution in [0.5, 0.6) is 0 Å². The first-order valence-corrected chi connectivity index (χ1v) is 14.8. The molecule has 226 valence electrons. The molecule has 9 aromatic rings. The molecule has 0 radical (unpaired) electrons. The number of fused-ring (bicyclic) bond motifs is 16. The molecule has 49 heavy (non-hydrogen) atoms. The fraction of sp³-hybridized carbons (Fsp3) is 0.0204. The highest BCUT2D eigenvalue weighted by Gasteiger charge is 2.51. The van der Waals surface area contributed by atoms with Crippen LogP contribution in [0.4, 0.5) is 0 Å². The highest BCUT2D eigenvalue weighted by molar-refractivity contribution is 6.25. The fourth-order valence-corrected chi connectivity index (χ4v) is 6.97. The summed E-state index contributed by atoms with van der Waals surface area (Å²) in [6.07, 6.45) is 0. The van der Waals surface area contributed by atoms with Gasteiger partial charge in [-0.25, -0.2) is 0 Å². The zero-order valence-corrected chi connectivity index (χ0v) is 24.5. The zero-order valence-electron chi connectivity index (χ0n) is 54.5. The van der Waals surface area contributed by atoms with E-state index < -0.39 is 286 Å². The van der Waals surface area contributed by atoms with Crippen molar-refractivity contribution >= 4 is 32.3 Å². The van der Waals surface area contributed by atoms with Gasteiger partial charge >= 0.3 is 0 Å². The van der Waals surface area contributed by atoms with Crippen LogP contribution >= 0.6 is 0 Å². The quantitative estimate of drug-likeness (QED) is 0.164. The van der Waals surface area contributed by atoms with Gasteiger partial charge in [0.25, 0.3) is 0 Å². The molecule has 2 aliphatic carbocycles. The van der Waals surface area contributed by atoms with Crippen LogP contribution < -0.4 is 0 Å². The molecule has 0 aromatic heterocycles. The molecule has 1 spiro atoms. The first-order chi connectivity index (χ1) is 36.8. The minimum Gasteiger partial charge on any atom is -0.0619 e. The smallest absolute Gasteiger partial charge is 0.0619 e. The van der Waals surface area contributed by atoms with E-state index >= 15 is 0 Å². The van der Waals surface area contributed by atoms with Crippen molar-refractivity contribution in [1.82, 2.24) is 0 Å². The molecule has 0 aliphatic heterocycles. The van der Waals surface area contributed by atoms with Crippen LogP contribution in [0.15, 0.2) is 181 Å². The summed E-state index contributed by atoms with van der Waals surface area (Å²) in [6.45, 7) is 0. The first kappa shape index (κ1) is 10.9. The summed E-state index contributed by atoms with van der Waals surface area (Å²) in [5.74, 6) is 0. The van der Waals surface area contributed by atoms with E-state index in [4.69, 9.17) is 19.2 Å². The van der Waals surface area contributed by atoms with E-state index in [1.54, 1.807) is 0 Å². The van der Waals surface area contributed by atoms with Crippen molar-refractivity contribution in [3.8, 4) is 44.5 Å². The Morgan fingerprint density at radius 2 is 0.653 bits per heavy atom. The zero-order chi connectivity index (χ0) is 58.2. The molecule has 0 atom stereocenters. The van der Waals surface area contributed by atoms with Crippen molar-refractivity contribution in [1.29, 1.82) is 0 Å². The van der Waals surface area contributed by atoms with E-state index in [1.165, 1.54) is 0 Å². The van der Waals surface area contributed by atoms with E-state index in [2.05, 4.69) is 0 Å². The molecule has 0 heterocycles. The number of rotatable bonds is 2. The molecule has 0 fully saturated rings. The third kappa shape index (κ3) is 3.53. The van der Waals surface area contributed by atoms with Crippen molar-refractivity contribution in [3.05, 3.63) is 204 Å². The van der Waals surface area contributed by atoms with Gasteiger partial charge in [-0.05, 0) is 117 Å². The third-order valence-corrected chi connectivity index (χ3v) is 8.94. The predicted molar refractivity (Wildman–Crippen MR) is 206 cm³/mol. The molecular weight excluding hydrogens is 589 g/mol. The Labute approximate surface area is 327 Å². The maximum atomic E-state index is 10.3. The van der Waals surface area contributed by atoms with Gasteiger partial charge in [-0.1, -0.05) is 163 Å². The summed E-state index contributed by atoms with van der Waals surface area (Å²) in [4.78, 5) is 0. The molecule has 0 unspecified atom stereocenters. The average molecular weight is 649 g/mol. The Morgan fingerprint density at radius 3 is 1.20 bits per heavy atom. The van der Waals surface area contributed by atoms with Crippen molar-refractivity contribution in [2.24, 2.45) is 0 Å². The van der Waals surface area contributed by atoms with Crippen molar-refractivity contribution in [2.45, 2.75) is 5.41 Å². The van der Waals surface area contributed by atoms with Crippen LogP contribution in [0.25, 0.3) is 76.8 Å². The molecule has 11 rings (SSSR count). The SMILES string of the molecule is [2H]c1c([2H])c(-c2c([2H])c([2H])c3c(c2[2H])C2(c4c([2H])c([2H])c([2H])c([2H])c4-c4c([2H])c([2H])c([2H])c([2H])c42)c2c([2H])c([2H])c([2H])c([2H])c2-3)c([2H])c(-c2c([2H])c([2H])c3c4c([2H])c([2H])c([2H])c([2H])c4c4c([2H])c([2H])c([2H])c([2H])c4c3c2[2H])c1[2H]. The maximum Gasteiger partial charge on any atom is 0.0725 e. The lowest BCUT2D eigenvalue weighted by atomic mass is 9.70. The summed E-state index contributed by atoms with van der Waals surface area (Å²) >= 11 is 0. The van der Waals surface area contributed by atoms with E-state index in [0.717, 1.165) is 0 Å². The second kappa shape index (κ2) is 9.89. The number of hydrogen-bond donors (Lipinski definition) is 0. The number of hydrogen-bond acceptors (Lipinski definition) is 0. The van der Waals surface area contributed by atoms with Crippen molar-refractivity contribution in [3.63, 3.8) is 0 Å². The summed E-state index contributed by atoms with van der Waals surface area (Å²) in [7, 11) is 0. The fourth-order valence-electron chi connectivity index (χ4n) is 6.97. The molecule has 2 aliphatic rings. The number of benzene rings is 9. The van der Waals surface area contributed by atoms with Gasteiger partial charge in [0.1, 0.15) is 0 Å². The lowest BCUT2D eigenvalue weighted by Crippen LogP contribution is -2.25. The van der Waals surface area contributed by atoms with Gasteiger partial charge in [-0.2, -0.15) is 0 Å². The van der Waals surface area contributed by atoms with Crippen LogP contribution in [0.1, 0.15) is 63.4 Å². The summed E-state index contributed by atoms with van der Waals surface area (Å²) in [5.41, 5.74) is -11.7. The van der Waals surface area contributed by atoms with Crippen LogP contribution in [0.2, 0.25) is 0 Å². The average Bonchev–Trinajstić information content (AvgIpc) is 1.73. The predicted octanol–water partition coefficient (Wildman–Crippen LogP) is 12.8. The van der Waals surface area contributed by atoms with Crippen LogP contribution in [-0.4, -0.2) is 0 Å². The summed E-state index contributed by atoms with van der Waals surface area (Å²) in [6, 6.07) is -28.6. The van der Waals surface area contributed by atoms with Gasteiger partial charge in [-0.3, -0.25) is 0 Å². The monoisotopic (exact) mass is 648 g/mol. The minimum atomic E-state index is -2.85. The Morgan fingerprint density at radius 1 is 0.265 bits per heavy atom. The first-order valence-electron chi connectivity index (χ1n) is 29.8. The Hall–Kier alpha value is -6.24. The topological polar surface area (TPSA) is 0 Å². The highest BCUT2D eigenvalue weighted by atomic mass is 14.5. The summed E-state index contributed by atoms with van der Waals surface area (Å²) < 4.78 is 275. The molecule has 9 aromatic carbocycles. The van der Waals surface area contributed by atoms with Gasteiger partial charge in [0.2, 0.25) is 0 Å². The largest absolute Gasteiger partial charge is 0.0725 e. The highest BCUT2D eigenvalue weighted by Crippen LogP contribution is 2.63. The lowest BCUT2D eigenvalue weighted by molar-refractivity contribution is 0.794. The second-order valence-corrected chi connectivity index (χ2v) is 11.2. The van der Waals surface area contributed by atoms with Crippen LogP contribution in [0, 0.1) is 0 Å². The summed E-state index contributed by atoms with van der Waals surface area (Å²) in [5, 5.41) is -3.33. The Kier molecular flexibility index (Phi) is 2.20. The van der Waals surface area contributed by atoms with E-state index in [-0.39, 0.29) is 0 Å². The molecule has 0 nitrogen and oxygen atoms in total. The van der Waals surface area contributed by atoms with E-state index in [0.29, 0.717) is 0 Å². The lowest BCUT2D eigenvalue weighted by Gasteiger charge is -2.30. The maximum absolute atomic E-state index is 10.3. The minimum absolute atomic E-state index is 0.488. The van der Waals surface area contributed by atoms with Crippen LogP contribution in [0.3, 0.4) is 0 Å². The van der Waals surface area contributed by atoms with Gasteiger partial charge in [0.15, 0.2) is 0 Å². The normalized spacial score (nSPS) is 22.0. The molecular formula is C49H30. The van der Waals surface area contributed by atoms with Gasteiger partial charge in [0, 0.05) is 0 Å². The van der Waals surface area contributed by atoms with Crippen molar-refractivity contribution in [2.75, 3.05) is 0 Å².